The number of nitrogens with two attached hydrogens (primary N) is 1. The summed E-state index contributed by atoms with van der Waals surface area (Å²) in [4.78, 5) is 12.4. The van der Waals surface area contributed by atoms with Gasteiger partial charge in [0.15, 0.2) is 5.75 Å². The molecule has 2 aromatic rings. The van der Waals surface area contributed by atoms with E-state index >= 15 is 0 Å². The maximum atomic E-state index is 12.4. The molecule has 3 rings (SSSR count). The maximum absolute atomic E-state index is 12.4. The third-order valence-corrected chi connectivity index (χ3v) is 4.54. The second kappa shape index (κ2) is 8.88. The van der Waals surface area contributed by atoms with Crippen LogP contribution in [0, 0.1) is 12.8 Å². The molecule has 134 valence electrons. The molecule has 1 amide bonds. The van der Waals surface area contributed by atoms with Crippen molar-refractivity contribution in [1.82, 2.24) is 0 Å². The van der Waals surface area contributed by atoms with Gasteiger partial charge in [-0.05, 0) is 55.5 Å². The van der Waals surface area contributed by atoms with E-state index in [0.29, 0.717) is 17.9 Å². The number of rotatable bonds is 5. The summed E-state index contributed by atoms with van der Waals surface area (Å²) in [6.07, 6.45) is 3.65. The Kier molecular flexibility index (Phi) is 6.85. The molecule has 1 saturated carbocycles. The summed E-state index contributed by atoms with van der Waals surface area (Å²) in [7, 11) is 0. The van der Waals surface area contributed by atoms with Gasteiger partial charge in [0.25, 0.3) is 0 Å². The van der Waals surface area contributed by atoms with E-state index in [-0.39, 0.29) is 30.3 Å². The Morgan fingerprint density at radius 3 is 2.72 bits per heavy atom. The number of carbonyl (C=O) groups is 1. The number of nitrogens with one attached hydrogen (secondary N) is 1. The van der Waals surface area contributed by atoms with Gasteiger partial charge in [-0.2, -0.15) is 0 Å². The van der Waals surface area contributed by atoms with Gasteiger partial charge in [-0.15, -0.1) is 12.4 Å². The van der Waals surface area contributed by atoms with Crippen molar-refractivity contribution in [3.8, 4) is 11.5 Å². The van der Waals surface area contributed by atoms with Gasteiger partial charge in [0, 0.05) is 12.5 Å². The lowest BCUT2D eigenvalue weighted by Crippen LogP contribution is -2.28. The molecule has 1 aliphatic rings. The Balaban J connectivity index is 0.00000225. The number of para-hydroxylation sites is 2. The van der Waals surface area contributed by atoms with Crippen molar-refractivity contribution in [2.75, 3.05) is 5.32 Å². The molecule has 5 heteroatoms. The van der Waals surface area contributed by atoms with E-state index in [9.17, 15) is 4.79 Å². The molecule has 4 nitrogen and oxygen atoms in total. The minimum absolute atomic E-state index is 0. The average molecular weight is 361 g/mol. The van der Waals surface area contributed by atoms with Crippen LogP contribution < -0.4 is 15.8 Å². The summed E-state index contributed by atoms with van der Waals surface area (Å²) in [6.45, 7) is 2.02. The van der Waals surface area contributed by atoms with Crippen molar-refractivity contribution in [1.29, 1.82) is 0 Å². The number of ether oxygens (including phenoxy) is 1. The zero-order valence-corrected chi connectivity index (χ0v) is 15.2. The number of hydrogen-bond donors (Lipinski definition) is 2. The maximum Gasteiger partial charge on any atom is 0.224 e. The molecule has 1 fully saturated rings. The predicted molar refractivity (Wildman–Crippen MR) is 104 cm³/mol. The van der Waals surface area contributed by atoms with Crippen LogP contribution in [-0.2, 0) is 4.79 Å². The van der Waals surface area contributed by atoms with Crippen molar-refractivity contribution in [2.24, 2.45) is 11.7 Å². The Hall–Kier alpha value is -2.04. The highest BCUT2D eigenvalue weighted by molar-refractivity contribution is 5.92. The lowest BCUT2D eigenvalue weighted by molar-refractivity contribution is -0.117. The molecule has 0 aliphatic heterocycles. The van der Waals surface area contributed by atoms with Crippen LogP contribution >= 0.6 is 12.4 Å². The van der Waals surface area contributed by atoms with Gasteiger partial charge in [0.2, 0.25) is 5.91 Å². The smallest absolute Gasteiger partial charge is 0.224 e. The van der Waals surface area contributed by atoms with E-state index in [4.69, 9.17) is 10.5 Å². The van der Waals surface area contributed by atoms with Gasteiger partial charge in [0.05, 0.1) is 5.69 Å². The number of anilines is 1. The molecule has 1 aliphatic carbocycles. The fraction of sp³-hybridized carbons (Fsp3) is 0.350. The Morgan fingerprint density at radius 2 is 2.00 bits per heavy atom. The molecule has 2 atom stereocenters. The van der Waals surface area contributed by atoms with Crippen LogP contribution in [-0.4, -0.2) is 11.9 Å². The number of benzene rings is 2. The van der Waals surface area contributed by atoms with Gasteiger partial charge in [-0.1, -0.05) is 30.7 Å². The minimum atomic E-state index is -0.00218. The van der Waals surface area contributed by atoms with Crippen LogP contribution in [0.2, 0.25) is 0 Å². The molecule has 0 radical (unpaired) electrons. The minimum Gasteiger partial charge on any atom is -0.455 e. The highest BCUT2D eigenvalue weighted by atomic mass is 35.5. The highest BCUT2D eigenvalue weighted by Gasteiger charge is 2.26. The number of aryl methyl sites for hydroxylation is 1. The second-order valence-corrected chi connectivity index (χ2v) is 6.52. The Labute approximate surface area is 155 Å². The van der Waals surface area contributed by atoms with E-state index in [1.54, 1.807) is 0 Å². The van der Waals surface area contributed by atoms with Crippen molar-refractivity contribution < 1.29 is 9.53 Å². The van der Waals surface area contributed by atoms with Gasteiger partial charge in [-0.25, -0.2) is 0 Å². The summed E-state index contributed by atoms with van der Waals surface area (Å²) >= 11 is 0. The Bertz CT molecular complexity index is 720. The molecular formula is C20H25ClN2O2. The van der Waals surface area contributed by atoms with Crippen molar-refractivity contribution >= 4 is 24.0 Å². The fourth-order valence-electron chi connectivity index (χ4n) is 3.22. The third-order valence-electron chi connectivity index (χ3n) is 4.54. The molecule has 0 bridgehead atoms. The van der Waals surface area contributed by atoms with E-state index in [0.717, 1.165) is 30.6 Å². The van der Waals surface area contributed by atoms with E-state index in [2.05, 4.69) is 5.32 Å². The molecule has 0 spiro atoms. The predicted octanol–water partition coefficient (Wildman–Crippen LogP) is 4.67. The fourth-order valence-corrected chi connectivity index (χ4v) is 3.22. The first-order valence-electron chi connectivity index (χ1n) is 8.51. The van der Waals surface area contributed by atoms with Gasteiger partial charge in [0.1, 0.15) is 5.75 Å². The monoisotopic (exact) mass is 360 g/mol. The first-order valence-corrected chi connectivity index (χ1v) is 8.51. The topological polar surface area (TPSA) is 64.3 Å². The van der Waals surface area contributed by atoms with Crippen LogP contribution in [0.3, 0.4) is 0 Å². The molecule has 25 heavy (non-hydrogen) atoms. The summed E-state index contributed by atoms with van der Waals surface area (Å²) in [5, 5.41) is 2.97. The largest absolute Gasteiger partial charge is 0.455 e. The van der Waals surface area contributed by atoms with Crippen LogP contribution in [0.4, 0.5) is 5.69 Å². The molecule has 2 aromatic carbocycles. The molecule has 0 aromatic heterocycles. The lowest BCUT2D eigenvalue weighted by Gasteiger charge is -2.16. The zero-order chi connectivity index (χ0) is 16.9. The quantitative estimate of drug-likeness (QED) is 0.814. The molecule has 3 N–H and O–H groups in total. The molecule has 0 unspecified atom stereocenters. The molecular weight excluding hydrogens is 336 g/mol. The van der Waals surface area contributed by atoms with E-state index in [1.165, 1.54) is 0 Å². The standard InChI is InChI=1S/C20H24N2O2.ClH/c1-14-6-4-8-16(12-14)24-19-11-3-2-10-18(19)22-20(23)13-15-7-5-9-17(15)21;/h2-4,6,8,10-12,15,17H,5,7,9,13,21H2,1H3,(H,22,23);1H/t15-,17+;/m0./s1. The van der Waals surface area contributed by atoms with Crippen molar-refractivity contribution in [3.63, 3.8) is 0 Å². The van der Waals surface area contributed by atoms with Crippen LogP contribution in [0.1, 0.15) is 31.2 Å². The van der Waals surface area contributed by atoms with E-state index in [1.807, 2.05) is 55.5 Å². The summed E-state index contributed by atoms with van der Waals surface area (Å²) in [6, 6.07) is 15.5. The van der Waals surface area contributed by atoms with Crippen molar-refractivity contribution in [3.05, 3.63) is 54.1 Å². The summed E-state index contributed by atoms with van der Waals surface area (Å²) < 4.78 is 5.94. The number of amides is 1. The highest BCUT2D eigenvalue weighted by Crippen LogP contribution is 2.31. The van der Waals surface area contributed by atoms with Crippen molar-refractivity contribution in [2.45, 2.75) is 38.6 Å². The van der Waals surface area contributed by atoms with Gasteiger partial charge >= 0.3 is 0 Å². The molecule has 0 heterocycles. The van der Waals surface area contributed by atoms with Gasteiger partial charge < -0.3 is 15.8 Å². The average Bonchev–Trinajstić information content (AvgIpc) is 2.94. The second-order valence-electron chi connectivity index (χ2n) is 6.52. The first kappa shape index (κ1) is 19.3. The lowest BCUT2D eigenvalue weighted by atomic mass is 10.00. The van der Waals surface area contributed by atoms with Crippen LogP contribution in [0.25, 0.3) is 0 Å². The summed E-state index contributed by atoms with van der Waals surface area (Å²) in [5.41, 5.74) is 7.88. The SMILES string of the molecule is Cc1cccc(Oc2ccccc2NC(=O)C[C@@H]2CCC[C@H]2N)c1.Cl. The van der Waals surface area contributed by atoms with Crippen LogP contribution in [0.5, 0.6) is 11.5 Å². The zero-order valence-electron chi connectivity index (χ0n) is 14.4. The van der Waals surface area contributed by atoms with Crippen LogP contribution in [0.15, 0.2) is 48.5 Å². The number of carbonyl (C=O) groups excluding carboxylic acids is 1. The third kappa shape index (κ3) is 5.21. The first-order chi connectivity index (χ1) is 11.6. The van der Waals surface area contributed by atoms with Gasteiger partial charge in [-0.3, -0.25) is 4.79 Å². The van der Waals surface area contributed by atoms with E-state index < -0.39 is 0 Å². The number of hydrogen-bond acceptors (Lipinski definition) is 3. The number of halogens is 1. The Morgan fingerprint density at radius 1 is 1.20 bits per heavy atom. The molecule has 0 saturated heterocycles. The normalized spacial score (nSPS) is 19.1. The summed E-state index contributed by atoms with van der Waals surface area (Å²) in [5.74, 6) is 1.69.